The highest BCUT2D eigenvalue weighted by molar-refractivity contribution is 5.95. The second kappa shape index (κ2) is 12.5. The molecule has 1 N–H and O–H groups in total. The van der Waals surface area contributed by atoms with E-state index in [2.05, 4.69) is 64.8 Å². The second-order valence-electron chi connectivity index (χ2n) is 9.55. The molecule has 1 aliphatic rings. The van der Waals surface area contributed by atoms with Crippen molar-refractivity contribution < 1.29 is 9.59 Å². The zero-order valence-electron chi connectivity index (χ0n) is 22.2. The Hall–Kier alpha value is -3.70. The molecular formula is C32H37N3O2. The minimum absolute atomic E-state index is 0.0691. The van der Waals surface area contributed by atoms with E-state index >= 15 is 0 Å². The summed E-state index contributed by atoms with van der Waals surface area (Å²) in [5.41, 5.74) is 7.76. The molecule has 1 saturated heterocycles. The van der Waals surface area contributed by atoms with Crippen molar-refractivity contribution in [2.75, 3.05) is 31.5 Å². The van der Waals surface area contributed by atoms with Crippen LogP contribution in [0.5, 0.6) is 0 Å². The average Bonchev–Trinajstić information content (AvgIpc) is 2.92. The molecule has 0 spiro atoms. The van der Waals surface area contributed by atoms with Crippen molar-refractivity contribution in [3.05, 3.63) is 107 Å². The SMILES string of the molecule is CCN(CC)C(=O)c1ccc(C(=C2CCN(Cc3ccccc3)CC2)c2ccc(NC(C)=O)cc2)cc1. The number of hydrogen-bond acceptors (Lipinski definition) is 3. The monoisotopic (exact) mass is 495 g/mol. The Bertz CT molecular complexity index is 1220. The molecule has 0 radical (unpaired) electrons. The summed E-state index contributed by atoms with van der Waals surface area (Å²) < 4.78 is 0. The van der Waals surface area contributed by atoms with Gasteiger partial charge in [-0.1, -0.05) is 60.2 Å². The first kappa shape index (κ1) is 26.4. The van der Waals surface area contributed by atoms with Crippen molar-refractivity contribution in [2.24, 2.45) is 0 Å². The lowest BCUT2D eigenvalue weighted by molar-refractivity contribution is -0.114. The molecule has 0 aromatic heterocycles. The maximum atomic E-state index is 12.8. The Labute approximate surface area is 220 Å². The van der Waals surface area contributed by atoms with Gasteiger partial charge in [-0.25, -0.2) is 0 Å². The van der Waals surface area contributed by atoms with E-state index in [0.29, 0.717) is 13.1 Å². The number of nitrogens with zero attached hydrogens (tertiary/aromatic N) is 2. The first-order valence-corrected chi connectivity index (χ1v) is 13.2. The van der Waals surface area contributed by atoms with Crippen LogP contribution in [-0.4, -0.2) is 47.8 Å². The zero-order chi connectivity index (χ0) is 26.2. The van der Waals surface area contributed by atoms with Crippen LogP contribution in [0.15, 0.2) is 84.4 Å². The fourth-order valence-corrected chi connectivity index (χ4v) is 5.04. The summed E-state index contributed by atoms with van der Waals surface area (Å²) in [5, 5.41) is 2.86. The van der Waals surface area contributed by atoms with E-state index in [1.165, 1.54) is 23.6 Å². The predicted molar refractivity (Wildman–Crippen MR) is 151 cm³/mol. The number of piperidine rings is 1. The molecule has 5 nitrogen and oxygen atoms in total. The summed E-state index contributed by atoms with van der Waals surface area (Å²) >= 11 is 0. The Morgan fingerprint density at radius 2 is 1.32 bits per heavy atom. The van der Waals surface area contributed by atoms with Gasteiger partial charge >= 0.3 is 0 Å². The fraction of sp³-hybridized carbons (Fsp3) is 0.312. The van der Waals surface area contributed by atoms with E-state index < -0.39 is 0 Å². The van der Waals surface area contributed by atoms with Crippen molar-refractivity contribution in [1.82, 2.24) is 9.80 Å². The number of anilines is 1. The van der Waals surface area contributed by atoms with Crippen molar-refractivity contribution in [2.45, 2.75) is 40.2 Å². The fourth-order valence-electron chi connectivity index (χ4n) is 5.04. The third kappa shape index (κ3) is 6.75. The number of rotatable bonds is 8. The Balaban J connectivity index is 1.62. The van der Waals surface area contributed by atoms with Crippen LogP contribution in [0.3, 0.4) is 0 Å². The molecule has 0 aliphatic carbocycles. The van der Waals surface area contributed by atoms with Crippen molar-refractivity contribution in [1.29, 1.82) is 0 Å². The minimum Gasteiger partial charge on any atom is -0.339 e. The summed E-state index contributed by atoms with van der Waals surface area (Å²) in [6, 6.07) is 26.8. The molecule has 37 heavy (non-hydrogen) atoms. The van der Waals surface area contributed by atoms with Crippen LogP contribution in [0, 0.1) is 0 Å². The van der Waals surface area contributed by atoms with Crippen LogP contribution < -0.4 is 5.32 Å². The van der Waals surface area contributed by atoms with Gasteiger partial charge in [0, 0.05) is 50.9 Å². The van der Waals surface area contributed by atoms with E-state index in [1.54, 1.807) is 0 Å². The van der Waals surface area contributed by atoms with Crippen LogP contribution in [0.4, 0.5) is 5.69 Å². The molecule has 0 unspecified atom stereocenters. The van der Waals surface area contributed by atoms with Gasteiger partial charge < -0.3 is 10.2 Å². The van der Waals surface area contributed by atoms with Gasteiger partial charge in [0.25, 0.3) is 5.91 Å². The van der Waals surface area contributed by atoms with Crippen LogP contribution >= 0.6 is 0 Å². The van der Waals surface area contributed by atoms with Crippen LogP contribution in [0.2, 0.25) is 0 Å². The molecule has 0 saturated carbocycles. The Morgan fingerprint density at radius 3 is 1.86 bits per heavy atom. The van der Waals surface area contributed by atoms with Gasteiger partial charge in [0.15, 0.2) is 0 Å². The van der Waals surface area contributed by atoms with Gasteiger partial charge in [-0.15, -0.1) is 0 Å². The van der Waals surface area contributed by atoms with Crippen molar-refractivity contribution in [3.63, 3.8) is 0 Å². The summed E-state index contributed by atoms with van der Waals surface area (Å²) in [6.45, 7) is 9.92. The van der Waals surface area contributed by atoms with E-state index in [0.717, 1.165) is 54.9 Å². The molecular weight excluding hydrogens is 458 g/mol. The van der Waals surface area contributed by atoms with Gasteiger partial charge in [-0.05, 0) is 73.2 Å². The van der Waals surface area contributed by atoms with E-state index in [9.17, 15) is 9.59 Å². The van der Waals surface area contributed by atoms with Gasteiger partial charge in [0.05, 0.1) is 0 Å². The summed E-state index contributed by atoms with van der Waals surface area (Å²) in [7, 11) is 0. The van der Waals surface area contributed by atoms with Crippen molar-refractivity contribution in [3.8, 4) is 0 Å². The zero-order valence-corrected chi connectivity index (χ0v) is 22.2. The standard InChI is InChI=1S/C32H37N3O2/c1-4-35(5-2)32(37)29-13-11-26(12-14-29)31(27-15-17-30(18-16-27)33-24(3)36)28-19-21-34(22-20-28)23-25-9-7-6-8-10-25/h6-18H,4-5,19-23H2,1-3H3,(H,33,36). The molecule has 0 atom stereocenters. The third-order valence-corrected chi connectivity index (χ3v) is 7.03. The highest BCUT2D eigenvalue weighted by Crippen LogP contribution is 2.33. The highest BCUT2D eigenvalue weighted by atomic mass is 16.2. The predicted octanol–water partition coefficient (Wildman–Crippen LogP) is 6.22. The minimum atomic E-state index is -0.0782. The number of benzene rings is 3. The maximum absolute atomic E-state index is 12.8. The van der Waals surface area contributed by atoms with Crippen LogP contribution in [0.1, 0.15) is 60.7 Å². The molecule has 192 valence electrons. The van der Waals surface area contributed by atoms with Gasteiger partial charge in [0.2, 0.25) is 5.91 Å². The number of carbonyl (C=O) groups is 2. The lowest BCUT2D eigenvalue weighted by Crippen LogP contribution is -2.30. The Morgan fingerprint density at radius 1 is 0.784 bits per heavy atom. The lowest BCUT2D eigenvalue weighted by atomic mass is 9.88. The summed E-state index contributed by atoms with van der Waals surface area (Å²) in [6.07, 6.45) is 1.99. The summed E-state index contributed by atoms with van der Waals surface area (Å²) in [4.78, 5) is 28.7. The Kier molecular flexibility index (Phi) is 8.91. The number of nitrogens with one attached hydrogen (secondary N) is 1. The molecule has 0 bridgehead atoms. The molecule has 3 aromatic carbocycles. The molecule has 5 heteroatoms. The number of hydrogen-bond donors (Lipinski definition) is 1. The molecule has 1 fully saturated rings. The first-order valence-electron chi connectivity index (χ1n) is 13.2. The third-order valence-electron chi connectivity index (χ3n) is 7.03. The van der Waals surface area contributed by atoms with Crippen LogP contribution in [0.25, 0.3) is 5.57 Å². The number of amides is 2. The quantitative estimate of drug-likeness (QED) is 0.403. The number of carbonyl (C=O) groups excluding carboxylic acids is 2. The van der Waals surface area contributed by atoms with E-state index in [1.807, 2.05) is 43.0 Å². The highest BCUT2D eigenvalue weighted by Gasteiger charge is 2.20. The average molecular weight is 496 g/mol. The lowest BCUT2D eigenvalue weighted by Gasteiger charge is -2.30. The number of likely N-dealkylation sites (tertiary alicyclic amines) is 1. The summed E-state index contributed by atoms with van der Waals surface area (Å²) in [5.74, 6) is -0.00907. The smallest absolute Gasteiger partial charge is 0.253 e. The molecule has 1 heterocycles. The maximum Gasteiger partial charge on any atom is 0.253 e. The molecule has 2 amide bonds. The second-order valence-corrected chi connectivity index (χ2v) is 9.55. The molecule has 1 aliphatic heterocycles. The largest absolute Gasteiger partial charge is 0.339 e. The molecule has 4 rings (SSSR count). The van der Waals surface area contributed by atoms with Gasteiger partial charge in [-0.2, -0.15) is 0 Å². The molecule has 3 aromatic rings. The van der Waals surface area contributed by atoms with Gasteiger partial charge in [0.1, 0.15) is 0 Å². The normalized spacial score (nSPS) is 13.8. The first-order chi connectivity index (χ1) is 18.0. The van der Waals surface area contributed by atoms with Crippen molar-refractivity contribution >= 4 is 23.1 Å². The topological polar surface area (TPSA) is 52.7 Å². The van der Waals surface area contributed by atoms with Crippen LogP contribution in [-0.2, 0) is 11.3 Å². The van der Waals surface area contributed by atoms with E-state index in [-0.39, 0.29) is 11.8 Å². The van der Waals surface area contributed by atoms with Gasteiger partial charge in [-0.3, -0.25) is 14.5 Å². The van der Waals surface area contributed by atoms with E-state index in [4.69, 9.17) is 0 Å².